The second-order valence-electron chi connectivity index (χ2n) is 4.03. The zero-order valence-corrected chi connectivity index (χ0v) is 12.0. The maximum Gasteiger partial charge on any atom is 0.288 e. The number of para-hydroxylation sites is 2. The number of thioether (sulfide) groups is 1. The van der Waals surface area contributed by atoms with Gasteiger partial charge in [0.15, 0.2) is 0 Å². The van der Waals surface area contributed by atoms with E-state index in [2.05, 4.69) is 5.32 Å². The normalized spacial score (nSPS) is 10.5. The van der Waals surface area contributed by atoms with Crippen LogP contribution in [0.4, 0.5) is 14.5 Å². The van der Waals surface area contributed by atoms with Crippen LogP contribution >= 0.6 is 11.8 Å². The smallest absolute Gasteiger partial charge is 0.288 e. The summed E-state index contributed by atoms with van der Waals surface area (Å²) in [5.74, 6) is -2.53. The number of halogens is 2. The summed E-state index contributed by atoms with van der Waals surface area (Å²) in [6, 6.07) is 13.2. The molecule has 0 fully saturated rings. The maximum absolute atomic E-state index is 12.5. The van der Waals surface area contributed by atoms with Crippen molar-refractivity contribution >= 4 is 23.4 Å². The van der Waals surface area contributed by atoms with Gasteiger partial charge in [0.05, 0.1) is 18.4 Å². The Bertz CT molecular complexity index is 635. The number of hydrogen-bond donors (Lipinski definition) is 1. The minimum Gasteiger partial charge on any atom is -0.496 e. The number of amides is 1. The summed E-state index contributed by atoms with van der Waals surface area (Å²) in [6.45, 7) is 0. The number of methoxy groups -OCH3 is 1. The summed E-state index contributed by atoms with van der Waals surface area (Å²) in [6.07, 6.45) is 0. The minimum absolute atomic E-state index is 0.316. The second-order valence-corrected chi connectivity index (χ2v) is 5.06. The molecule has 3 nitrogen and oxygen atoms in total. The van der Waals surface area contributed by atoms with Crippen LogP contribution in [0.3, 0.4) is 0 Å². The molecule has 0 aliphatic rings. The van der Waals surface area contributed by atoms with E-state index >= 15 is 0 Å². The van der Waals surface area contributed by atoms with Crippen molar-refractivity contribution in [2.24, 2.45) is 0 Å². The van der Waals surface area contributed by atoms with Crippen molar-refractivity contribution in [2.45, 2.75) is 10.7 Å². The van der Waals surface area contributed by atoms with Gasteiger partial charge in [0, 0.05) is 4.90 Å². The van der Waals surface area contributed by atoms with Crippen LogP contribution in [0.1, 0.15) is 10.4 Å². The van der Waals surface area contributed by atoms with Crippen LogP contribution in [0.15, 0.2) is 53.4 Å². The topological polar surface area (TPSA) is 38.3 Å². The lowest BCUT2D eigenvalue weighted by molar-refractivity contribution is 0.102. The fraction of sp³-hybridized carbons (Fsp3) is 0.133. The quantitative estimate of drug-likeness (QED) is 0.839. The molecule has 0 saturated carbocycles. The van der Waals surface area contributed by atoms with E-state index in [9.17, 15) is 13.6 Å². The Balaban J connectivity index is 2.24. The van der Waals surface area contributed by atoms with E-state index in [0.717, 1.165) is 0 Å². The molecular weight excluding hydrogens is 296 g/mol. The van der Waals surface area contributed by atoms with Gasteiger partial charge in [-0.25, -0.2) is 0 Å². The summed E-state index contributed by atoms with van der Waals surface area (Å²) >= 11 is 0.393. The molecular formula is C15H13F2NO2S. The molecule has 2 aromatic rings. The molecule has 1 amide bonds. The first-order valence-corrected chi connectivity index (χ1v) is 6.98. The summed E-state index contributed by atoms with van der Waals surface area (Å²) < 4.78 is 30.1. The fourth-order valence-electron chi connectivity index (χ4n) is 1.79. The van der Waals surface area contributed by atoms with Crippen LogP contribution in [-0.2, 0) is 0 Å². The zero-order chi connectivity index (χ0) is 15.2. The minimum atomic E-state index is -2.55. The van der Waals surface area contributed by atoms with Crippen LogP contribution in [0.25, 0.3) is 0 Å². The van der Waals surface area contributed by atoms with Crippen molar-refractivity contribution in [3.8, 4) is 5.75 Å². The molecule has 0 aromatic heterocycles. The van der Waals surface area contributed by atoms with Gasteiger partial charge in [-0.3, -0.25) is 4.79 Å². The summed E-state index contributed by atoms with van der Waals surface area (Å²) in [7, 11) is 1.46. The Kier molecular flexibility index (Phi) is 5.16. The number of ether oxygens (including phenoxy) is 1. The van der Waals surface area contributed by atoms with Gasteiger partial charge < -0.3 is 10.1 Å². The standard InChI is InChI=1S/C15H13F2NO2S/c1-20-12-8-4-2-6-10(12)14(19)18-11-7-3-5-9-13(11)21-15(16)17/h2-9,15H,1H3,(H,18,19). The number of anilines is 1. The first-order chi connectivity index (χ1) is 10.1. The molecule has 2 aromatic carbocycles. The van der Waals surface area contributed by atoms with Gasteiger partial charge in [-0.15, -0.1) is 0 Å². The molecule has 0 heterocycles. The molecule has 110 valence electrons. The van der Waals surface area contributed by atoms with Gasteiger partial charge in [-0.1, -0.05) is 36.0 Å². The molecule has 0 aliphatic heterocycles. The van der Waals surface area contributed by atoms with Gasteiger partial charge in [0.1, 0.15) is 5.75 Å². The number of hydrogen-bond acceptors (Lipinski definition) is 3. The zero-order valence-electron chi connectivity index (χ0n) is 11.2. The molecule has 0 saturated heterocycles. The molecule has 6 heteroatoms. The van der Waals surface area contributed by atoms with Crippen LogP contribution in [0.5, 0.6) is 5.75 Å². The van der Waals surface area contributed by atoms with Crippen molar-refractivity contribution in [2.75, 3.05) is 12.4 Å². The average molecular weight is 309 g/mol. The summed E-state index contributed by atoms with van der Waals surface area (Å²) in [5.41, 5.74) is 0.690. The highest BCUT2D eigenvalue weighted by Gasteiger charge is 2.15. The summed E-state index contributed by atoms with van der Waals surface area (Å²) in [4.78, 5) is 12.6. The van der Waals surface area contributed by atoms with E-state index in [1.165, 1.54) is 13.2 Å². The molecule has 0 aliphatic carbocycles. The molecule has 21 heavy (non-hydrogen) atoms. The monoisotopic (exact) mass is 309 g/mol. The summed E-state index contributed by atoms with van der Waals surface area (Å²) in [5, 5.41) is 2.63. The molecule has 0 bridgehead atoms. The van der Waals surface area contributed by atoms with Crippen LogP contribution in [0.2, 0.25) is 0 Å². The highest BCUT2D eigenvalue weighted by molar-refractivity contribution is 7.99. The van der Waals surface area contributed by atoms with E-state index in [1.54, 1.807) is 42.5 Å². The number of nitrogens with one attached hydrogen (secondary N) is 1. The number of rotatable bonds is 5. The lowest BCUT2D eigenvalue weighted by Crippen LogP contribution is -2.13. The molecule has 2 rings (SSSR count). The highest BCUT2D eigenvalue weighted by atomic mass is 32.2. The van der Waals surface area contributed by atoms with Crippen molar-refractivity contribution in [3.63, 3.8) is 0 Å². The van der Waals surface area contributed by atoms with Gasteiger partial charge in [0.25, 0.3) is 11.7 Å². The molecule has 0 spiro atoms. The highest BCUT2D eigenvalue weighted by Crippen LogP contribution is 2.32. The number of alkyl halides is 2. The predicted octanol–water partition coefficient (Wildman–Crippen LogP) is 4.26. The SMILES string of the molecule is COc1ccccc1C(=O)Nc1ccccc1SC(F)F. The predicted molar refractivity (Wildman–Crippen MR) is 79.3 cm³/mol. The van der Waals surface area contributed by atoms with E-state index < -0.39 is 11.7 Å². The Morgan fingerprint density at radius 3 is 2.52 bits per heavy atom. The third kappa shape index (κ3) is 3.95. The van der Waals surface area contributed by atoms with Gasteiger partial charge in [-0.2, -0.15) is 8.78 Å². The van der Waals surface area contributed by atoms with Crippen molar-refractivity contribution in [1.29, 1.82) is 0 Å². The lowest BCUT2D eigenvalue weighted by Gasteiger charge is -2.12. The van der Waals surface area contributed by atoms with E-state index in [1.807, 2.05) is 0 Å². The number of benzene rings is 2. The third-order valence-electron chi connectivity index (χ3n) is 2.70. The second kappa shape index (κ2) is 7.08. The Labute approximate surface area is 125 Å². The molecule has 0 unspecified atom stereocenters. The van der Waals surface area contributed by atoms with Gasteiger partial charge in [0.2, 0.25) is 0 Å². The van der Waals surface area contributed by atoms with Crippen LogP contribution in [-0.4, -0.2) is 18.8 Å². The first-order valence-electron chi connectivity index (χ1n) is 6.10. The van der Waals surface area contributed by atoms with Crippen LogP contribution in [0, 0.1) is 0 Å². The Morgan fingerprint density at radius 1 is 1.14 bits per heavy atom. The first kappa shape index (κ1) is 15.3. The third-order valence-corrected chi connectivity index (χ3v) is 3.49. The molecule has 0 atom stereocenters. The maximum atomic E-state index is 12.5. The molecule has 1 N–H and O–H groups in total. The average Bonchev–Trinajstić information content (AvgIpc) is 2.48. The lowest BCUT2D eigenvalue weighted by atomic mass is 10.2. The number of carbonyl (C=O) groups is 1. The van der Waals surface area contributed by atoms with Crippen LogP contribution < -0.4 is 10.1 Å². The van der Waals surface area contributed by atoms with E-state index in [4.69, 9.17) is 4.74 Å². The Hall–Kier alpha value is -2.08. The van der Waals surface area contributed by atoms with E-state index in [-0.39, 0.29) is 0 Å². The van der Waals surface area contributed by atoms with Gasteiger partial charge in [-0.05, 0) is 24.3 Å². The van der Waals surface area contributed by atoms with Crippen molar-refractivity contribution in [1.82, 2.24) is 0 Å². The number of carbonyl (C=O) groups excluding carboxylic acids is 1. The Morgan fingerprint density at radius 2 is 1.81 bits per heavy atom. The van der Waals surface area contributed by atoms with Crippen molar-refractivity contribution < 1.29 is 18.3 Å². The largest absolute Gasteiger partial charge is 0.496 e. The van der Waals surface area contributed by atoms with Crippen molar-refractivity contribution in [3.05, 3.63) is 54.1 Å². The van der Waals surface area contributed by atoms with Gasteiger partial charge >= 0.3 is 0 Å². The van der Waals surface area contributed by atoms with E-state index in [0.29, 0.717) is 33.7 Å². The fourth-order valence-corrected chi connectivity index (χ4v) is 2.39. The molecule has 0 radical (unpaired) electrons.